The van der Waals surface area contributed by atoms with Gasteiger partial charge in [0, 0.05) is 17.0 Å². The molecule has 4 atom stereocenters. The number of nitrogen functional groups attached to an aromatic ring is 1. The quantitative estimate of drug-likeness (QED) is 0.142. The molecule has 1 aliphatic heterocycles. The molecule has 2 aliphatic rings. The number of anilines is 1. The minimum absolute atomic E-state index is 0.141. The molecule has 3 aromatic heterocycles. The molecule has 2 fully saturated rings. The van der Waals surface area contributed by atoms with Gasteiger partial charge in [0.15, 0.2) is 5.79 Å². The molecule has 3 N–H and O–H groups in total. The predicted octanol–water partition coefficient (Wildman–Crippen LogP) is 5.55. The first-order chi connectivity index (χ1) is 18.1. The topological polar surface area (TPSA) is 121 Å². The van der Waals surface area contributed by atoms with Crippen LogP contribution in [-0.4, -0.2) is 48.9 Å². The number of ether oxygens (including phenoxy) is 2. The van der Waals surface area contributed by atoms with Crippen LogP contribution in [0.3, 0.4) is 0 Å². The number of fused-ring (bicyclic) bond motifs is 3. The normalized spacial score (nSPS) is 26.6. The number of rotatable bonds is 5. The molecule has 1 saturated heterocycles. The molecule has 9 nitrogen and oxygen atoms in total. The first-order valence-corrected chi connectivity index (χ1v) is 12.9. The summed E-state index contributed by atoms with van der Waals surface area (Å²) >= 11 is 12.3. The molecule has 38 heavy (non-hydrogen) atoms. The Morgan fingerprint density at radius 1 is 1.24 bits per heavy atom. The number of pyridine rings is 1. The van der Waals surface area contributed by atoms with Gasteiger partial charge in [0.25, 0.3) is 0 Å². The molecule has 0 radical (unpaired) electrons. The first-order valence-electron chi connectivity index (χ1n) is 12.2. The van der Waals surface area contributed by atoms with E-state index in [1.54, 1.807) is 6.07 Å². The van der Waals surface area contributed by atoms with E-state index in [0.717, 1.165) is 10.9 Å². The third kappa shape index (κ3) is 4.07. The Kier molecular flexibility index (Phi) is 5.99. The molecular formula is C26H25Cl2FN6O3. The molecule has 0 bridgehead atoms. The van der Waals surface area contributed by atoms with E-state index < -0.39 is 23.1 Å². The van der Waals surface area contributed by atoms with Gasteiger partial charge in [-0.15, -0.1) is 5.16 Å². The van der Waals surface area contributed by atoms with E-state index in [1.165, 1.54) is 24.7 Å². The molecular weight excluding hydrogens is 534 g/mol. The molecule has 12 heteroatoms. The monoisotopic (exact) mass is 558 g/mol. The Hall–Kier alpha value is -3.05. The zero-order valence-electron chi connectivity index (χ0n) is 20.6. The van der Waals surface area contributed by atoms with Crippen molar-refractivity contribution in [2.45, 2.75) is 57.1 Å². The highest BCUT2D eigenvalue weighted by molar-refractivity contribution is 6.34. The van der Waals surface area contributed by atoms with E-state index in [4.69, 9.17) is 38.4 Å². The van der Waals surface area contributed by atoms with Crippen LogP contribution >= 0.6 is 23.2 Å². The maximum Gasteiger partial charge on any atom is 0.163 e. The average molecular weight is 559 g/mol. The second-order valence-electron chi connectivity index (χ2n) is 10.4. The molecule has 0 spiro atoms. The maximum absolute atomic E-state index is 15.0. The first kappa shape index (κ1) is 25.2. The van der Waals surface area contributed by atoms with E-state index in [0.29, 0.717) is 41.0 Å². The average Bonchev–Trinajstić information content (AvgIpc) is 3.51. The van der Waals surface area contributed by atoms with Crippen molar-refractivity contribution >= 4 is 57.2 Å². The summed E-state index contributed by atoms with van der Waals surface area (Å²) in [7, 11) is 0. The molecule has 1 aromatic carbocycles. The van der Waals surface area contributed by atoms with Gasteiger partial charge in [-0.25, -0.2) is 19.3 Å². The Bertz CT molecular complexity index is 1590. The van der Waals surface area contributed by atoms with E-state index >= 15 is 0 Å². The number of aryl methyl sites for hydroxylation is 1. The minimum Gasteiger partial charge on any atom is -0.411 e. The number of hydrogen-bond donors (Lipinski definition) is 2. The number of hydrogen-bond acceptors (Lipinski definition) is 8. The van der Waals surface area contributed by atoms with Crippen LogP contribution in [0.1, 0.15) is 38.3 Å². The number of halogens is 3. The zero-order chi connectivity index (χ0) is 26.8. The van der Waals surface area contributed by atoms with Crippen molar-refractivity contribution in [3.8, 4) is 0 Å². The summed E-state index contributed by atoms with van der Waals surface area (Å²) in [6, 6.07) is 6.43. The van der Waals surface area contributed by atoms with Crippen molar-refractivity contribution in [3.63, 3.8) is 0 Å². The van der Waals surface area contributed by atoms with Gasteiger partial charge in [0.05, 0.1) is 34.3 Å². The Morgan fingerprint density at radius 2 is 2.05 bits per heavy atom. The van der Waals surface area contributed by atoms with E-state index in [9.17, 15) is 9.60 Å². The van der Waals surface area contributed by atoms with Gasteiger partial charge in [0.1, 0.15) is 34.9 Å². The van der Waals surface area contributed by atoms with Crippen LogP contribution in [0.4, 0.5) is 10.2 Å². The number of nitrogens with zero attached hydrogens (tertiary/aromatic N) is 5. The van der Waals surface area contributed by atoms with Gasteiger partial charge in [-0.05, 0) is 62.9 Å². The van der Waals surface area contributed by atoms with Crippen LogP contribution in [-0.2, 0) is 15.9 Å². The lowest BCUT2D eigenvalue weighted by molar-refractivity contribution is -0.164. The van der Waals surface area contributed by atoms with Crippen LogP contribution in [0, 0.1) is 11.2 Å². The van der Waals surface area contributed by atoms with E-state index in [-0.39, 0.29) is 23.0 Å². The van der Waals surface area contributed by atoms with Crippen LogP contribution in [0.5, 0.6) is 0 Å². The van der Waals surface area contributed by atoms with Crippen LogP contribution in [0.15, 0.2) is 41.9 Å². The molecule has 4 unspecified atom stereocenters. The summed E-state index contributed by atoms with van der Waals surface area (Å²) < 4.78 is 29.8. The van der Waals surface area contributed by atoms with Gasteiger partial charge in [-0.1, -0.05) is 23.2 Å². The lowest BCUT2D eigenvalue weighted by Crippen LogP contribution is -2.37. The summed E-state index contributed by atoms with van der Waals surface area (Å²) in [5.74, 6) is -1.15. The lowest BCUT2D eigenvalue weighted by Gasteiger charge is -2.31. The third-order valence-electron chi connectivity index (χ3n) is 7.60. The summed E-state index contributed by atoms with van der Waals surface area (Å²) in [6.45, 7) is 3.71. The molecule has 4 aromatic rings. The van der Waals surface area contributed by atoms with E-state index in [2.05, 4.69) is 20.1 Å². The van der Waals surface area contributed by atoms with Gasteiger partial charge in [0.2, 0.25) is 0 Å². The smallest absolute Gasteiger partial charge is 0.163 e. The summed E-state index contributed by atoms with van der Waals surface area (Å²) in [5, 5.41) is 14.8. The highest BCUT2D eigenvalue weighted by atomic mass is 35.5. The Balaban J connectivity index is 1.38. The number of oxime groups is 1. The number of benzene rings is 1. The van der Waals surface area contributed by atoms with Crippen molar-refractivity contribution in [1.82, 2.24) is 19.5 Å². The van der Waals surface area contributed by atoms with Crippen molar-refractivity contribution in [2.24, 2.45) is 10.6 Å². The second kappa shape index (κ2) is 9.01. The van der Waals surface area contributed by atoms with Gasteiger partial charge in [-0.3, -0.25) is 0 Å². The fourth-order valence-corrected chi connectivity index (χ4v) is 6.29. The molecule has 198 valence electrons. The van der Waals surface area contributed by atoms with E-state index in [1.807, 2.05) is 30.7 Å². The lowest BCUT2D eigenvalue weighted by atomic mass is 9.79. The highest BCUT2D eigenvalue weighted by Gasteiger charge is 2.61. The summed E-state index contributed by atoms with van der Waals surface area (Å²) in [4.78, 5) is 12.8. The van der Waals surface area contributed by atoms with Crippen molar-refractivity contribution in [2.75, 3.05) is 5.73 Å². The molecule has 0 amide bonds. The Labute approximate surface area is 227 Å². The molecule has 1 aliphatic carbocycles. The van der Waals surface area contributed by atoms with Gasteiger partial charge >= 0.3 is 0 Å². The highest BCUT2D eigenvalue weighted by Crippen LogP contribution is 2.55. The summed E-state index contributed by atoms with van der Waals surface area (Å²) in [5.41, 5.74) is 6.96. The number of nitrogens with two attached hydrogens (primary N) is 1. The Morgan fingerprint density at radius 3 is 2.84 bits per heavy atom. The van der Waals surface area contributed by atoms with Crippen molar-refractivity contribution in [1.29, 1.82) is 0 Å². The predicted molar refractivity (Wildman–Crippen MR) is 142 cm³/mol. The SMILES string of the molecule is CC1(C)OC2C(n3ccc4c(Cl)ncnc43)CC(/C=N/O)(CCc3cc(F)c4cc(Cl)c(N)nc4c3)C2O1. The summed E-state index contributed by atoms with van der Waals surface area (Å²) in [6.07, 6.45) is 5.57. The molecule has 1 saturated carbocycles. The molecule has 4 heterocycles. The van der Waals surface area contributed by atoms with Crippen molar-refractivity contribution in [3.05, 3.63) is 58.3 Å². The van der Waals surface area contributed by atoms with Crippen LogP contribution in [0.25, 0.3) is 21.9 Å². The van der Waals surface area contributed by atoms with Crippen LogP contribution in [0.2, 0.25) is 10.2 Å². The van der Waals surface area contributed by atoms with Gasteiger partial charge in [-0.2, -0.15) is 0 Å². The van der Waals surface area contributed by atoms with Gasteiger partial charge < -0.3 is 25.0 Å². The zero-order valence-corrected chi connectivity index (χ0v) is 22.1. The number of aromatic nitrogens is 4. The third-order valence-corrected chi connectivity index (χ3v) is 8.20. The fraction of sp³-hybridized carbons (Fsp3) is 0.385. The second-order valence-corrected chi connectivity index (χ2v) is 11.2. The largest absolute Gasteiger partial charge is 0.411 e. The maximum atomic E-state index is 15.0. The molecule has 6 rings (SSSR count). The van der Waals surface area contributed by atoms with Crippen molar-refractivity contribution < 1.29 is 19.1 Å². The fourth-order valence-electron chi connectivity index (χ4n) is 5.95. The standard InChI is InChI=1S/C26H25Cl2FN6O3/c1-25(2)37-20-19(35-6-4-14-22(28)31-12-32-24(14)35)10-26(11-33-36,21(20)38-25)5-3-13-7-17(29)15-9-16(27)23(30)34-18(15)8-13/h4,6-9,11-12,19-21,36H,3,5,10H2,1-2H3,(H2,30,34)/b33-11+. The van der Waals surface area contributed by atoms with Crippen LogP contribution < -0.4 is 5.73 Å². The minimum atomic E-state index is -0.853.